The van der Waals surface area contributed by atoms with Crippen LogP contribution in [0.3, 0.4) is 0 Å². The van der Waals surface area contributed by atoms with Gasteiger partial charge in [0.1, 0.15) is 6.29 Å². The second kappa shape index (κ2) is 7.91. The van der Waals surface area contributed by atoms with Gasteiger partial charge in [0.25, 0.3) is 0 Å². The summed E-state index contributed by atoms with van der Waals surface area (Å²) < 4.78 is 14.4. The van der Waals surface area contributed by atoms with Gasteiger partial charge in [0, 0.05) is 22.4 Å². The maximum absolute atomic E-state index is 13.0. The third kappa shape index (κ3) is 4.44. The molecule has 0 aliphatic carbocycles. The van der Waals surface area contributed by atoms with Crippen molar-refractivity contribution in [1.82, 2.24) is 9.97 Å². The summed E-state index contributed by atoms with van der Waals surface area (Å²) in [6.07, 6.45) is 2.92. The van der Waals surface area contributed by atoms with Gasteiger partial charge >= 0.3 is 0 Å². The molecule has 0 saturated heterocycles. The van der Waals surface area contributed by atoms with E-state index in [0.717, 1.165) is 0 Å². The number of fused-ring (bicyclic) bond motifs is 1. The van der Waals surface area contributed by atoms with E-state index in [1.165, 1.54) is 22.5 Å². The minimum absolute atomic E-state index is 0.210. The van der Waals surface area contributed by atoms with Crippen molar-refractivity contribution < 1.29 is 14.0 Å². The fraction of sp³-hybridized carbons (Fsp3) is 0.0667. The number of aromatic nitrogens is 2. The first-order valence-corrected chi connectivity index (χ1v) is 10.2. The maximum atomic E-state index is 13.0. The second-order valence-corrected chi connectivity index (χ2v) is 8.29. The van der Waals surface area contributed by atoms with E-state index in [1.807, 2.05) is 0 Å². The van der Waals surface area contributed by atoms with E-state index >= 15 is 0 Å². The van der Waals surface area contributed by atoms with Crippen LogP contribution >= 0.6 is 31.6 Å². The Morgan fingerprint density at radius 2 is 1.64 bits per heavy atom. The highest BCUT2D eigenvalue weighted by molar-refractivity contribution is 7.86. The van der Waals surface area contributed by atoms with Crippen LogP contribution in [0.1, 0.15) is 0 Å². The molecule has 3 aromatic rings. The van der Waals surface area contributed by atoms with Crippen LogP contribution in [-0.2, 0) is 11.0 Å². The first-order valence-electron chi connectivity index (χ1n) is 6.95. The molecule has 0 bridgehead atoms. The number of hydrogen-bond acceptors (Lipinski definition) is 5. The first-order chi connectivity index (χ1) is 11.9. The van der Waals surface area contributed by atoms with Gasteiger partial charge in [-0.25, -0.2) is 4.21 Å². The van der Waals surface area contributed by atoms with Crippen molar-refractivity contribution in [2.45, 2.75) is 4.90 Å². The Balaban J connectivity index is 2.04. The van der Waals surface area contributed by atoms with E-state index in [0.29, 0.717) is 31.7 Å². The predicted molar refractivity (Wildman–Crippen MR) is 101 cm³/mol. The van der Waals surface area contributed by atoms with Crippen molar-refractivity contribution in [2.75, 3.05) is 10.6 Å². The highest BCUT2D eigenvalue weighted by Gasteiger charge is 2.21. The predicted octanol–water partition coefficient (Wildman–Crippen LogP) is 3.72. The van der Waals surface area contributed by atoms with Gasteiger partial charge in [-0.1, -0.05) is 23.2 Å². The molecule has 2 aromatic carbocycles. The Morgan fingerprint density at radius 3 is 2.28 bits per heavy atom. The molecule has 25 heavy (non-hydrogen) atoms. The molecule has 0 fully saturated rings. The van der Waals surface area contributed by atoms with E-state index in [4.69, 9.17) is 23.2 Å². The van der Waals surface area contributed by atoms with Crippen LogP contribution in [0, 0.1) is 0 Å². The van der Waals surface area contributed by atoms with Crippen LogP contribution in [0.15, 0.2) is 53.7 Å². The van der Waals surface area contributed by atoms with Gasteiger partial charge in [-0.05, 0) is 36.4 Å². The lowest BCUT2D eigenvalue weighted by molar-refractivity contribution is 0.483. The zero-order chi connectivity index (χ0) is 18.0. The Bertz CT molecular complexity index is 925. The Morgan fingerprint density at radius 1 is 1.00 bits per heavy atom. The summed E-state index contributed by atoms with van der Waals surface area (Å²) in [7, 11) is -4.06. The summed E-state index contributed by atoms with van der Waals surface area (Å²) in [5, 5.41) is 0.686. The fourth-order valence-corrected chi connectivity index (χ4v) is 5.00. The van der Waals surface area contributed by atoms with Crippen molar-refractivity contribution in [3.8, 4) is 0 Å². The fourth-order valence-electron chi connectivity index (χ4n) is 2.21. The van der Waals surface area contributed by atoms with E-state index in [2.05, 4.69) is 9.97 Å². The maximum Gasteiger partial charge on any atom is 0.187 e. The molecular formula is C15H12Cl2N3O3PS. The van der Waals surface area contributed by atoms with E-state index < -0.39 is 19.4 Å². The first kappa shape index (κ1) is 18.5. The third-order valence-electron chi connectivity index (χ3n) is 3.23. The van der Waals surface area contributed by atoms with Crippen LogP contribution in [0.25, 0.3) is 11.0 Å². The van der Waals surface area contributed by atoms with Crippen LogP contribution in [0.4, 0.5) is 5.69 Å². The molecule has 0 spiro atoms. The number of anilines is 1. The van der Waals surface area contributed by atoms with Crippen LogP contribution in [-0.4, -0.2) is 30.2 Å². The summed E-state index contributed by atoms with van der Waals surface area (Å²) in [4.78, 5) is 27.7. The van der Waals surface area contributed by atoms with Gasteiger partial charge < -0.3 is 9.79 Å². The SMILES string of the molecule is O=S(c1cc(Cl)cc(Cl)c1)N(CP(O)O)c1ccc2nccnc2c1. The molecule has 6 nitrogen and oxygen atoms in total. The standard InChI is InChI=1S/C15H12Cl2N3O3PS/c16-10-5-11(17)7-13(6-10)25(23)20(9-24(21)22)12-1-2-14-15(8-12)19-4-3-18-14/h1-8,21-22H,9H2. The van der Waals surface area contributed by atoms with Gasteiger partial charge in [0.05, 0.1) is 21.6 Å². The van der Waals surface area contributed by atoms with Crippen molar-refractivity contribution >= 4 is 59.3 Å². The minimum Gasteiger partial charge on any atom is -0.349 e. The van der Waals surface area contributed by atoms with E-state index in [1.54, 1.807) is 30.6 Å². The van der Waals surface area contributed by atoms with Gasteiger partial charge in [0.15, 0.2) is 19.4 Å². The second-order valence-electron chi connectivity index (χ2n) is 4.98. The molecule has 1 atom stereocenters. The minimum atomic E-state index is -2.31. The van der Waals surface area contributed by atoms with Crippen molar-refractivity contribution in [3.63, 3.8) is 0 Å². The topological polar surface area (TPSA) is 86.6 Å². The van der Waals surface area contributed by atoms with Crippen LogP contribution in [0.5, 0.6) is 0 Å². The molecule has 0 radical (unpaired) electrons. The van der Waals surface area contributed by atoms with E-state index in [-0.39, 0.29) is 6.29 Å². The van der Waals surface area contributed by atoms with Crippen LogP contribution < -0.4 is 4.31 Å². The zero-order valence-electron chi connectivity index (χ0n) is 12.6. The zero-order valence-corrected chi connectivity index (χ0v) is 15.8. The quantitative estimate of drug-likeness (QED) is 0.620. The monoisotopic (exact) mass is 415 g/mol. The molecule has 1 unspecified atom stereocenters. The lowest BCUT2D eigenvalue weighted by Gasteiger charge is -2.24. The smallest absolute Gasteiger partial charge is 0.187 e. The average Bonchev–Trinajstić information content (AvgIpc) is 2.57. The molecule has 0 saturated carbocycles. The molecule has 2 N–H and O–H groups in total. The molecule has 130 valence electrons. The number of rotatable bonds is 5. The lowest BCUT2D eigenvalue weighted by Crippen LogP contribution is -2.26. The number of hydrogen-bond donors (Lipinski definition) is 2. The third-order valence-corrected chi connectivity index (χ3v) is 5.78. The largest absolute Gasteiger partial charge is 0.349 e. The summed E-state index contributed by atoms with van der Waals surface area (Å²) in [6.45, 7) is 0. The molecule has 3 rings (SSSR count). The van der Waals surface area contributed by atoms with E-state index in [9.17, 15) is 14.0 Å². The molecule has 10 heteroatoms. The Kier molecular flexibility index (Phi) is 5.84. The summed E-state index contributed by atoms with van der Waals surface area (Å²) in [6, 6.07) is 9.68. The molecule has 1 aromatic heterocycles. The summed E-state index contributed by atoms with van der Waals surface area (Å²) >= 11 is 12.0. The van der Waals surface area contributed by atoms with Gasteiger partial charge in [-0.15, -0.1) is 0 Å². The van der Waals surface area contributed by atoms with Gasteiger partial charge in [-0.3, -0.25) is 14.3 Å². The highest BCUT2D eigenvalue weighted by atomic mass is 35.5. The lowest BCUT2D eigenvalue weighted by atomic mass is 10.2. The number of halogens is 2. The van der Waals surface area contributed by atoms with Crippen LogP contribution in [0.2, 0.25) is 10.0 Å². The molecule has 0 aliphatic rings. The molecule has 1 heterocycles. The summed E-state index contributed by atoms with van der Waals surface area (Å²) in [5.41, 5.74) is 1.79. The number of benzene rings is 2. The normalized spacial score (nSPS) is 12.5. The molecular weight excluding hydrogens is 404 g/mol. The Labute approximate surface area is 157 Å². The Hall–Kier alpha value is -1.34. The molecule has 0 aliphatic heterocycles. The average molecular weight is 416 g/mol. The van der Waals surface area contributed by atoms with Crippen molar-refractivity contribution in [1.29, 1.82) is 0 Å². The molecule has 0 amide bonds. The summed E-state index contributed by atoms with van der Waals surface area (Å²) in [5.74, 6) is 0. The van der Waals surface area contributed by atoms with Crippen molar-refractivity contribution in [2.24, 2.45) is 0 Å². The number of nitrogens with zero attached hydrogens (tertiary/aromatic N) is 3. The van der Waals surface area contributed by atoms with Crippen molar-refractivity contribution in [3.05, 3.63) is 58.8 Å². The van der Waals surface area contributed by atoms with Gasteiger partial charge in [-0.2, -0.15) is 0 Å². The van der Waals surface area contributed by atoms with Gasteiger partial charge in [0.2, 0.25) is 0 Å². The highest BCUT2D eigenvalue weighted by Crippen LogP contribution is 2.33.